The van der Waals surface area contributed by atoms with Crippen molar-refractivity contribution in [2.75, 3.05) is 19.0 Å². The number of esters is 1. The van der Waals surface area contributed by atoms with Gasteiger partial charge in [0.15, 0.2) is 5.75 Å². The van der Waals surface area contributed by atoms with Gasteiger partial charge in [-0.2, -0.15) is 0 Å². The molecule has 4 nitrogen and oxygen atoms in total. The van der Waals surface area contributed by atoms with Crippen LogP contribution in [-0.4, -0.2) is 19.6 Å². The summed E-state index contributed by atoms with van der Waals surface area (Å²) in [6, 6.07) is 14.8. The second-order valence-corrected chi connectivity index (χ2v) is 4.74. The van der Waals surface area contributed by atoms with E-state index in [0.29, 0.717) is 17.3 Å². The Morgan fingerprint density at radius 3 is 2.67 bits per heavy atom. The molecule has 0 saturated carbocycles. The molecule has 5 heteroatoms. The molecule has 0 heterocycles. The average Bonchev–Trinajstić information content (AvgIpc) is 2.50. The second kappa shape index (κ2) is 7.55. The van der Waals surface area contributed by atoms with Crippen molar-refractivity contribution in [1.29, 1.82) is 0 Å². The van der Waals surface area contributed by atoms with Crippen molar-refractivity contribution in [3.05, 3.63) is 53.6 Å². The number of nitrogens with one attached hydrogen (secondary N) is 1. The summed E-state index contributed by atoms with van der Waals surface area (Å²) in [5, 5.41) is 3.72. The van der Waals surface area contributed by atoms with Crippen LogP contribution in [0.4, 0.5) is 5.69 Å². The first-order valence-corrected chi connectivity index (χ1v) is 6.90. The first-order valence-electron chi connectivity index (χ1n) is 6.52. The van der Waals surface area contributed by atoms with Crippen LogP contribution in [0.2, 0.25) is 5.02 Å². The molecule has 0 bridgehead atoms. The zero-order valence-corrected chi connectivity index (χ0v) is 12.4. The van der Waals surface area contributed by atoms with Crippen LogP contribution in [0.1, 0.15) is 6.42 Å². The fourth-order valence-corrected chi connectivity index (χ4v) is 1.92. The van der Waals surface area contributed by atoms with E-state index in [1.165, 1.54) is 7.11 Å². The molecule has 0 saturated heterocycles. The molecule has 2 aromatic carbocycles. The molecule has 21 heavy (non-hydrogen) atoms. The summed E-state index contributed by atoms with van der Waals surface area (Å²) < 4.78 is 10.4. The van der Waals surface area contributed by atoms with Crippen LogP contribution in [0.3, 0.4) is 0 Å². The molecule has 0 amide bonds. The molecule has 0 spiro atoms. The number of halogens is 1. The van der Waals surface area contributed by atoms with Gasteiger partial charge in [-0.25, -0.2) is 0 Å². The number of para-hydroxylation sites is 1. The molecule has 1 N–H and O–H groups in total. The summed E-state index contributed by atoms with van der Waals surface area (Å²) in [6.45, 7) is 0.443. The summed E-state index contributed by atoms with van der Waals surface area (Å²) in [7, 11) is 1.37. The van der Waals surface area contributed by atoms with E-state index in [1.54, 1.807) is 18.2 Å². The van der Waals surface area contributed by atoms with Gasteiger partial charge in [-0.1, -0.05) is 29.8 Å². The zero-order valence-electron chi connectivity index (χ0n) is 11.6. The van der Waals surface area contributed by atoms with Crippen molar-refractivity contribution in [2.24, 2.45) is 0 Å². The van der Waals surface area contributed by atoms with Crippen LogP contribution in [0.5, 0.6) is 11.5 Å². The Kier molecular flexibility index (Phi) is 5.46. The van der Waals surface area contributed by atoms with E-state index in [-0.39, 0.29) is 12.4 Å². The summed E-state index contributed by atoms with van der Waals surface area (Å²) in [6.07, 6.45) is 0.272. The third-order valence-corrected chi connectivity index (χ3v) is 3.02. The molecular weight excluding hydrogens is 290 g/mol. The van der Waals surface area contributed by atoms with E-state index < -0.39 is 0 Å². The molecule has 110 valence electrons. The summed E-state index contributed by atoms with van der Waals surface area (Å²) in [4.78, 5) is 11.1. The molecule has 0 unspecified atom stereocenters. The van der Waals surface area contributed by atoms with Gasteiger partial charge in [0.25, 0.3) is 0 Å². The fraction of sp³-hybridized carbons (Fsp3) is 0.188. The molecular formula is C16H16ClNO3. The Morgan fingerprint density at radius 2 is 1.95 bits per heavy atom. The number of hydrogen-bond donors (Lipinski definition) is 1. The number of benzene rings is 2. The van der Waals surface area contributed by atoms with Gasteiger partial charge in [-0.05, 0) is 30.3 Å². The van der Waals surface area contributed by atoms with Crippen LogP contribution < -0.4 is 10.1 Å². The summed E-state index contributed by atoms with van der Waals surface area (Å²) in [5.74, 6) is 1.11. The number of anilines is 1. The van der Waals surface area contributed by atoms with Crippen LogP contribution >= 0.6 is 11.6 Å². The SMILES string of the molecule is COC(=O)CCNc1cc(Cl)ccc1Oc1ccccc1. The fourth-order valence-electron chi connectivity index (χ4n) is 1.75. The highest BCUT2D eigenvalue weighted by molar-refractivity contribution is 6.30. The lowest BCUT2D eigenvalue weighted by molar-refractivity contribution is -0.140. The Labute approximate surface area is 128 Å². The normalized spacial score (nSPS) is 10.0. The van der Waals surface area contributed by atoms with E-state index in [0.717, 1.165) is 11.4 Å². The number of hydrogen-bond acceptors (Lipinski definition) is 4. The maximum Gasteiger partial charge on any atom is 0.307 e. The van der Waals surface area contributed by atoms with Crippen molar-refractivity contribution >= 4 is 23.3 Å². The van der Waals surface area contributed by atoms with E-state index in [2.05, 4.69) is 10.1 Å². The molecule has 0 aliphatic carbocycles. The minimum atomic E-state index is -0.268. The molecule has 0 atom stereocenters. The van der Waals surface area contributed by atoms with E-state index in [9.17, 15) is 4.79 Å². The topological polar surface area (TPSA) is 47.6 Å². The summed E-state index contributed by atoms with van der Waals surface area (Å²) in [5.41, 5.74) is 0.732. The van der Waals surface area contributed by atoms with Crippen LogP contribution in [0, 0.1) is 0 Å². The van der Waals surface area contributed by atoms with Gasteiger partial charge >= 0.3 is 5.97 Å². The van der Waals surface area contributed by atoms with E-state index in [4.69, 9.17) is 16.3 Å². The van der Waals surface area contributed by atoms with Crippen molar-refractivity contribution in [3.8, 4) is 11.5 Å². The third kappa shape index (κ3) is 4.68. The highest BCUT2D eigenvalue weighted by Crippen LogP contribution is 2.31. The first kappa shape index (κ1) is 15.2. The van der Waals surface area contributed by atoms with Gasteiger partial charge in [0.2, 0.25) is 0 Å². The number of ether oxygens (including phenoxy) is 2. The quantitative estimate of drug-likeness (QED) is 0.816. The number of rotatable bonds is 6. The van der Waals surface area contributed by atoms with Crippen molar-refractivity contribution < 1.29 is 14.3 Å². The predicted octanol–water partition coefficient (Wildman–Crippen LogP) is 4.11. The third-order valence-electron chi connectivity index (χ3n) is 2.78. The number of carbonyl (C=O) groups excluding carboxylic acids is 1. The number of carbonyl (C=O) groups is 1. The van der Waals surface area contributed by atoms with Crippen molar-refractivity contribution in [1.82, 2.24) is 0 Å². The molecule has 0 aromatic heterocycles. The first-order chi connectivity index (χ1) is 10.2. The lowest BCUT2D eigenvalue weighted by Gasteiger charge is -2.13. The standard InChI is InChI=1S/C16H16ClNO3/c1-20-16(19)9-10-18-14-11-12(17)7-8-15(14)21-13-5-3-2-4-6-13/h2-8,11,18H,9-10H2,1H3. The Balaban J connectivity index is 2.08. The van der Waals surface area contributed by atoms with E-state index in [1.807, 2.05) is 30.3 Å². The van der Waals surface area contributed by atoms with E-state index >= 15 is 0 Å². The maximum atomic E-state index is 11.1. The Hall–Kier alpha value is -2.20. The van der Waals surface area contributed by atoms with Gasteiger partial charge in [-0.15, -0.1) is 0 Å². The smallest absolute Gasteiger partial charge is 0.307 e. The highest BCUT2D eigenvalue weighted by atomic mass is 35.5. The van der Waals surface area contributed by atoms with Gasteiger partial charge in [0, 0.05) is 11.6 Å². The lowest BCUT2D eigenvalue weighted by atomic mass is 10.2. The minimum absolute atomic E-state index is 0.268. The van der Waals surface area contributed by atoms with Gasteiger partial charge in [0.05, 0.1) is 19.2 Å². The molecule has 2 rings (SSSR count). The van der Waals surface area contributed by atoms with Crippen LogP contribution in [0.25, 0.3) is 0 Å². The highest BCUT2D eigenvalue weighted by Gasteiger charge is 2.07. The van der Waals surface area contributed by atoms with Gasteiger partial charge < -0.3 is 14.8 Å². The molecule has 0 fully saturated rings. The molecule has 0 radical (unpaired) electrons. The minimum Gasteiger partial charge on any atom is -0.469 e. The Bertz CT molecular complexity index is 602. The van der Waals surface area contributed by atoms with Gasteiger partial charge in [0.1, 0.15) is 5.75 Å². The van der Waals surface area contributed by atoms with Crippen molar-refractivity contribution in [3.63, 3.8) is 0 Å². The molecule has 2 aromatic rings. The monoisotopic (exact) mass is 305 g/mol. The van der Waals surface area contributed by atoms with Crippen molar-refractivity contribution in [2.45, 2.75) is 6.42 Å². The largest absolute Gasteiger partial charge is 0.469 e. The Morgan fingerprint density at radius 1 is 1.19 bits per heavy atom. The van der Waals surface area contributed by atoms with Crippen LogP contribution in [0.15, 0.2) is 48.5 Å². The second-order valence-electron chi connectivity index (χ2n) is 4.31. The lowest BCUT2D eigenvalue weighted by Crippen LogP contribution is -2.10. The predicted molar refractivity (Wildman–Crippen MR) is 83.1 cm³/mol. The molecule has 0 aliphatic rings. The number of methoxy groups -OCH3 is 1. The average molecular weight is 306 g/mol. The summed E-state index contributed by atoms with van der Waals surface area (Å²) >= 11 is 6.00. The zero-order chi connectivity index (χ0) is 15.1. The van der Waals surface area contributed by atoms with Crippen LogP contribution in [-0.2, 0) is 9.53 Å². The van der Waals surface area contributed by atoms with Gasteiger partial charge in [-0.3, -0.25) is 4.79 Å². The molecule has 0 aliphatic heterocycles. The maximum absolute atomic E-state index is 11.1.